The number of amides is 2. The number of rotatable bonds is 6. The smallest absolute Gasteiger partial charge is 0.254 e. The molecule has 2 bridgehead atoms. The Morgan fingerprint density at radius 2 is 1.67 bits per heavy atom. The van der Waals surface area contributed by atoms with Crippen molar-refractivity contribution in [2.45, 2.75) is 26.9 Å². The average Bonchev–Trinajstić information content (AvgIpc) is 3.62. The number of imide groups is 1. The summed E-state index contributed by atoms with van der Waals surface area (Å²) < 4.78 is 21.7. The largest absolute Gasteiger partial charge is 0.489 e. The third-order valence-corrected chi connectivity index (χ3v) is 7.68. The molecule has 1 aromatic heterocycles. The van der Waals surface area contributed by atoms with Gasteiger partial charge in [0, 0.05) is 28.2 Å². The van der Waals surface area contributed by atoms with Gasteiger partial charge in [0.1, 0.15) is 18.2 Å². The summed E-state index contributed by atoms with van der Waals surface area (Å²) in [4.78, 5) is 25.8. The number of halogens is 1. The lowest BCUT2D eigenvalue weighted by atomic mass is 9.85. The molecule has 3 aromatic rings. The number of aromatic nitrogens is 1. The number of benzene rings is 2. The van der Waals surface area contributed by atoms with Crippen LogP contribution in [0.5, 0.6) is 5.75 Å². The number of nitrogens with zero attached hydrogens (tertiary/aromatic N) is 3. The van der Waals surface area contributed by atoms with E-state index in [2.05, 4.69) is 21.8 Å². The Hall–Kier alpha value is -4.00. The molecule has 2 fully saturated rings. The monoisotopic (exact) mass is 483 g/mol. The first-order chi connectivity index (χ1) is 17.4. The van der Waals surface area contributed by atoms with Crippen LogP contribution in [-0.4, -0.2) is 27.6 Å². The number of hydrogen-bond donors (Lipinski definition) is 0. The zero-order valence-electron chi connectivity index (χ0n) is 20.1. The highest BCUT2D eigenvalue weighted by molar-refractivity contribution is 6.06. The van der Waals surface area contributed by atoms with E-state index in [0.29, 0.717) is 11.3 Å². The van der Waals surface area contributed by atoms with E-state index < -0.39 is 0 Å². The minimum absolute atomic E-state index is 0.154. The van der Waals surface area contributed by atoms with Crippen LogP contribution in [0.15, 0.2) is 71.9 Å². The average molecular weight is 484 g/mol. The number of carbonyl (C=O) groups excluding carboxylic acids is 2. The zero-order valence-corrected chi connectivity index (χ0v) is 20.1. The minimum Gasteiger partial charge on any atom is -0.489 e. The topological polar surface area (TPSA) is 63.9 Å². The van der Waals surface area contributed by atoms with E-state index in [1.807, 2.05) is 44.2 Å². The molecule has 1 saturated heterocycles. The molecule has 4 atom stereocenters. The van der Waals surface area contributed by atoms with Gasteiger partial charge in [-0.1, -0.05) is 30.4 Å². The van der Waals surface area contributed by atoms with Crippen LogP contribution in [0, 0.1) is 43.3 Å². The molecule has 182 valence electrons. The molecule has 7 heteroatoms. The second-order valence-corrected chi connectivity index (χ2v) is 9.77. The molecule has 6 nitrogen and oxygen atoms in total. The maximum atomic E-state index is 13.8. The first-order valence-electron chi connectivity index (χ1n) is 12.2. The molecule has 3 aliphatic rings. The third-order valence-electron chi connectivity index (χ3n) is 7.68. The SMILES string of the molecule is Cc1cc(C=NN2C(=O)[C@@H]3[C@H](C2=O)[C@H]2C=C[C@H]3C2)c(C)n1-c1ccc(OCc2ccccc2F)cc1. The number of hydrazone groups is 1. The van der Waals surface area contributed by atoms with Gasteiger partial charge in [0.05, 0.1) is 18.1 Å². The van der Waals surface area contributed by atoms with Crippen molar-refractivity contribution >= 4 is 18.0 Å². The van der Waals surface area contributed by atoms with E-state index in [0.717, 1.165) is 34.1 Å². The fourth-order valence-corrected chi connectivity index (χ4v) is 5.90. The van der Waals surface area contributed by atoms with Gasteiger partial charge in [-0.15, -0.1) is 0 Å². The van der Waals surface area contributed by atoms with Crippen molar-refractivity contribution in [2.75, 3.05) is 0 Å². The number of allylic oxidation sites excluding steroid dienone is 2. The quantitative estimate of drug-likeness (QED) is 0.283. The van der Waals surface area contributed by atoms with Crippen molar-refractivity contribution in [3.8, 4) is 11.4 Å². The zero-order chi connectivity index (χ0) is 25.0. The van der Waals surface area contributed by atoms with Crippen LogP contribution in [0.25, 0.3) is 5.69 Å². The first kappa shape index (κ1) is 22.5. The van der Waals surface area contributed by atoms with Crippen LogP contribution in [0.4, 0.5) is 4.39 Å². The number of fused-ring (bicyclic) bond motifs is 5. The van der Waals surface area contributed by atoms with Gasteiger partial charge in [-0.3, -0.25) is 9.59 Å². The predicted molar refractivity (Wildman–Crippen MR) is 133 cm³/mol. The highest BCUT2D eigenvalue weighted by atomic mass is 19.1. The van der Waals surface area contributed by atoms with Gasteiger partial charge in [-0.25, -0.2) is 4.39 Å². The maximum Gasteiger partial charge on any atom is 0.254 e. The Morgan fingerprint density at radius 3 is 2.33 bits per heavy atom. The Kier molecular flexibility index (Phi) is 5.36. The van der Waals surface area contributed by atoms with Crippen LogP contribution in [-0.2, 0) is 16.2 Å². The lowest BCUT2D eigenvalue weighted by molar-refractivity contribution is -0.140. The van der Waals surface area contributed by atoms with Crippen LogP contribution in [0.3, 0.4) is 0 Å². The summed E-state index contributed by atoms with van der Waals surface area (Å²) in [6, 6.07) is 16.1. The van der Waals surface area contributed by atoms with Gasteiger partial charge < -0.3 is 9.30 Å². The lowest BCUT2D eigenvalue weighted by Crippen LogP contribution is -2.28. The molecular weight excluding hydrogens is 457 g/mol. The summed E-state index contributed by atoms with van der Waals surface area (Å²) >= 11 is 0. The van der Waals surface area contributed by atoms with Gasteiger partial charge in [-0.2, -0.15) is 10.1 Å². The number of aryl methyl sites for hydroxylation is 1. The molecule has 2 aromatic carbocycles. The Bertz CT molecular complexity index is 1390. The molecule has 6 rings (SSSR count). The van der Waals surface area contributed by atoms with E-state index in [1.54, 1.807) is 24.4 Å². The van der Waals surface area contributed by atoms with E-state index in [9.17, 15) is 14.0 Å². The maximum absolute atomic E-state index is 13.8. The molecule has 2 aliphatic carbocycles. The second-order valence-electron chi connectivity index (χ2n) is 9.77. The number of ether oxygens (including phenoxy) is 1. The molecule has 36 heavy (non-hydrogen) atoms. The summed E-state index contributed by atoms with van der Waals surface area (Å²) in [5.41, 5.74) is 4.22. The molecule has 0 unspecified atom stereocenters. The number of hydrogen-bond acceptors (Lipinski definition) is 4. The fraction of sp³-hybridized carbons (Fsp3) is 0.276. The summed E-state index contributed by atoms with van der Waals surface area (Å²) in [6.45, 7) is 4.12. The second kappa shape index (κ2) is 8.59. The molecule has 0 spiro atoms. The third kappa shape index (κ3) is 3.58. The Balaban J connectivity index is 1.18. The van der Waals surface area contributed by atoms with Crippen molar-refractivity contribution < 1.29 is 18.7 Å². The molecular formula is C29H26FN3O3. The van der Waals surface area contributed by atoms with Gasteiger partial charge in [0.15, 0.2) is 0 Å². The van der Waals surface area contributed by atoms with Crippen molar-refractivity contribution in [3.63, 3.8) is 0 Å². The van der Waals surface area contributed by atoms with Crippen molar-refractivity contribution in [1.82, 2.24) is 9.58 Å². The minimum atomic E-state index is -0.286. The molecule has 2 amide bonds. The summed E-state index contributed by atoms with van der Waals surface area (Å²) in [5.74, 6) is -0.179. The van der Waals surface area contributed by atoms with Gasteiger partial charge in [0.2, 0.25) is 0 Å². The molecule has 0 N–H and O–H groups in total. The van der Waals surface area contributed by atoms with E-state index in [-0.39, 0.29) is 47.9 Å². The molecule has 1 saturated carbocycles. The van der Waals surface area contributed by atoms with E-state index in [1.165, 1.54) is 6.07 Å². The molecule has 1 aliphatic heterocycles. The predicted octanol–water partition coefficient (Wildman–Crippen LogP) is 4.95. The number of carbonyl (C=O) groups is 2. The van der Waals surface area contributed by atoms with Crippen molar-refractivity contribution in [2.24, 2.45) is 28.8 Å². The van der Waals surface area contributed by atoms with Gasteiger partial charge in [-0.05, 0) is 68.5 Å². The summed E-state index contributed by atoms with van der Waals surface area (Å²) in [5, 5.41) is 5.41. The van der Waals surface area contributed by atoms with Crippen LogP contribution in [0.2, 0.25) is 0 Å². The van der Waals surface area contributed by atoms with Crippen LogP contribution in [0.1, 0.15) is 28.9 Å². The summed E-state index contributed by atoms with van der Waals surface area (Å²) in [7, 11) is 0. The highest BCUT2D eigenvalue weighted by Crippen LogP contribution is 2.52. The fourth-order valence-electron chi connectivity index (χ4n) is 5.90. The van der Waals surface area contributed by atoms with Crippen LogP contribution >= 0.6 is 0 Å². The van der Waals surface area contributed by atoms with Gasteiger partial charge >= 0.3 is 0 Å². The van der Waals surface area contributed by atoms with Gasteiger partial charge in [0.25, 0.3) is 11.8 Å². The lowest BCUT2D eigenvalue weighted by Gasteiger charge is -2.13. The van der Waals surface area contributed by atoms with Crippen LogP contribution < -0.4 is 4.74 Å². The normalized spacial score (nSPS) is 24.4. The van der Waals surface area contributed by atoms with Crippen molar-refractivity contribution in [3.05, 3.63) is 95.1 Å². The van der Waals surface area contributed by atoms with Crippen molar-refractivity contribution in [1.29, 1.82) is 0 Å². The molecule has 0 radical (unpaired) electrons. The van der Waals surface area contributed by atoms with E-state index in [4.69, 9.17) is 4.74 Å². The standard InChI is InChI=1S/C29H26FN3O3/c1-17-13-22(15-31-33-28(34)26-19-7-8-20(14-19)27(26)29(33)35)18(2)32(17)23-9-11-24(12-10-23)36-16-21-5-3-4-6-25(21)30/h3-13,15,19-20,26-27H,14,16H2,1-2H3/t19-,20-,26-,27+/m0/s1. The first-order valence-corrected chi connectivity index (χ1v) is 12.2. The Labute approximate surface area is 208 Å². The highest BCUT2D eigenvalue weighted by Gasteiger charge is 2.59. The molecule has 2 heterocycles. The Morgan fingerprint density at radius 1 is 1.00 bits per heavy atom. The summed E-state index contributed by atoms with van der Waals surface area (Å²) in [6.07, 6.45) is 6.66. The van der Waals surface area contributed by atoms with E-state index >= 15 is 0 Å².